The molecule has 0 amide bonds. The molecule has 1 aliphatic rings. The summed E-state index contributed by atoms with van der Waals surface area (Å²) in [5.41, 5.74) is 2.53. The number of aromatic nitrogens is 1. The molecule has 0 aromatic carbocycles. The van der Waals surface area contributed by atoms with Crippen LogP contribution in [-0.2, 0) is 0 Å². The molecule has 0 saturated heterocycles. The standard InChI is InChI=1S/C13H19ClN2/c1-11-8-12(4-7-15-11)16-10-13(9-14)5-2-3-6-13/h4,7-8H,2-3,5-6,9-10H2,1H3,(H,15,16). The maximum atomic E-state index is 6.11. The average molecular weight is 239 g/mol. The molecule has 3 heteroatoms. The van der Waals surface area contributed by atoms with Crippen LogP contribution >= 0.6 is 11.6 Å². The van der Waals surface area contributed by atoms with E-state index in [9.17, 15) is 0 Å². The van der Waals surface area contributed by atoms with Crippen LogP contribution in [-0.4, -0.2) is 17.4 Å². The lowest BCUT2D eigenvalue weighted by molar-refractivity contribution is 0.368. The molecule has 1 heterocycles. The molecule has 1 aliphatic carbocycles. The molecule has 1 saturated carbocycles. The SMILES string of the molecule is Cc1cc(NCC2(CCl)CCCC2)ccn1. The molecule has 0 atom stereocenters. The van der Waals surface area contributed by atoms with E-state index in [2.05, 4.69) is 16.4 Å². The van der Waals surface area contributed by atoms with Crippen molar-refractivity contribution in [3.05, 3.63) is 24.0 Å². The molecule has 88 valence electrons. The van der Waals surface area contributed by atoms with Gasteiger partial charge >= 0.3 is 0 Å². The molecule has 0 spiro atoms. The third-order valence-electron chi connectivity index (χ3n) is 3.51. The Morgan fingerprint density at radius 3 is 2.81 bits per heavy atom. The fourth-order valence-corrected chi connectivity index (χ4v) is 2.79. The van der Waals surface area contributed by atoms with Gasteiger partial charge < -0.3 is 5.32 Å². The number of nitrogens with zero attached hydrogens (tertiary/aromatic N) is 1. The zero-order chi connectivity index (χ0) is 11.4. The maximum Gasteiger partial charge on any atom is 0.0393 e. The van der Waals surface area contributed by atoms with Crippen molar-refractivity contribution in [1.82, 2.24) is 4.98 Å². The van der Waals surface area contributed by atoms with E-state index in [0.717, 1.165) is 23.8 Å². The summed E-state index contributed by atoms with van der Waals surface area (Å²) in [6, 6.07) is 4.10. The van der Waals surface area contributed by atoms with Gasteiger partial charge in [0.2, 0.25) is 0 Å². The number of aryl methyl sites for hydroxylation is 1. The minimum absolute atomic E-state index is 0.318. The van der Waals surface area contributed by atoms with Crippen LogP contribution < -0.4 is 5.32 Å². The minimum atomic E-state index is 0.318. The molecule has 1 aromatic rings. The Morgan fingerprint density at radius 2 is 2.19 bits per heavy atom. The first-order chi connectivity index (χ1) is 7.74. The molecule has 1 N–H and O–H groups in total. The van der Waals surface area contributed by atoms with Gasteiger partial charge in [-0.3, -0.25) is 4.98 Å². The van der Waals surface area contributed by atoms with E-state index in [0.29, 0.717) is 5.41 Å². The molecule has 0 aliphatic heterocycles. The highest BCUT2D eigenvalue weighted by Gasteiger charge is 2.32. The second-order valence-corrected chi connectivity index (χ2v) is 5.15. The van der Waals surface area contributed by atoms with E-state index in [1.807, 2.05) is 19.2 Å². The van der Waals surface area contributed by atoms with Crippen molar-refractivity contribution in [2.24, 2.45) is 5.41 Å². The number of halogens is 1. The predicted octanol–water partition coefficient (Wildman–Crippen LogP) is 3.60. The van der Waals surface area contributed by atoms with Crippen molar-refractivity contribution in [1.29, 1.82) is 0 Å². The highest BCUT2D eigenvalue weighted by Crippen LogP contribution is 2.39. The van der Waals surface area contributed by atoms with Crippen molar-refractivity contribution >= 4 is 17.3 Å². The Balaban J connectivity index is 1.95. The van der Waals surface area contributed by atoms with Gasteiger partial charge in [-0.15, -0.1) is 11.6 Å². The summed E-state index contributed by atoms with van der Waals surface area (Å²) in [6.07, 6.45) is 7.01. The molecule has 0 bridgehead atoms. The van der Waals surface area contributed by atoms with E-state index in [1.165, 1.54) is 25.7 Å². The summed E-state index contributed by atoms with van der Waals surface area (Å²) in [5.74, 6) is 0.768. The molecule has 0 unspecified atom stereocenters. The Hall–Kier alpha value is -0.760. The first kappa shape index (κ1) is 11.7. The summed E-state index contributed by atoms with van der Waals surface area (Å²) in [7, 11) is 0. The molecule has 1 fully saturated rings. The fourth-order valence-electron chi connectivity index (χ4n) is 2.43. The largest absolute Gasteiger partial charge is 0.384 e. The molecule has 2 rings (SSSR count). The van der Waals surface area contributed by atoms with Crippen LogP contribution in [0.3, 0.4) is 0 Å². The van der Waals surface area contributed by atoms with Crippen LogP contribution in [0.2, 0.25) is 0 Å². The molecule has 2 nitrogen and oxygen atoms in total. The highest BCUT2D eigenvalue weighted by atomic mass is 35.5. The monoisotopic (exact) mass is 238 g/mol. The Labute approximate surface area is 102 Å². The van der Waals surface area contributed by atoms with Gasteiger partial charge in [0.05, 0.1) is 0 Å². The zero-order valence-corrected chi connectivity index (χ0v) is 10.6. The number of nitrogens with one attached hydrogen (secondary N) is 1. The van der Waals surface area contributed by atoms with Gasteiger partial charge in [0.1, 0.15) is 0 Å². The summed E-state index contributed by atoms with van der Waals surface area (Å²) in [4.78, 5) is 4.19. The molecular weight excluding hydrogens is 220 g/mol. The molecule has 1 aromatic heterocycles. The first-order valence-electron chi connectivity index (χ1n) is 5.97. The number of alkyl halides is 1. The van der Waals surface area contributed by atoms with Gasteiger partial charge in [-0.25, -0.2) is 0 Å². The normalized spacial score (nSPS) is 18.6. The van der Waals surface area contributed by atoms with Crippen molar-refractivity contribution < 1.29 is 0 Å². The van der Waals surface area contributed by atoms with E-state index in [1.54, 1.807) is 0 Å². The van der Waals surface area contributed by atoms with Crippen molar-refractivity contribution in [2.75, 3.05) is 17.7 Å². The number of hydrogen-bond acceptors (Lipinski definition) is 2. The number of hydrogen-bond donors (Lipinski definition) is 1. The third kappa shape index (κ3) is 2.67. The zero-order valence-electron chi connectivity index (χ0n) is 9.80. The van der Waals surface area contributed by atoms with E-state index in [4.69, 9.17) is 11.6 Å². The molecular formula is C13H19ClN2. The smallest absolute Gasteiger partial charge is 0.0393 e. The van der Waals surface area contributed by atoms with Crippen LogP contribution in [0.4, 0.5) is 5.69 Å². The summed E-state index contributed by atoms with van der Waals surface area (Å²) >= 11 is 6.11. The van der Waals surface area contributed by atoms with E-state index >= 15 is 0 Å². The Kier molecular flexibility index (Phi) is 3.70. The Bertz CT molecular complexity index is 346. The van der Waals surface area contributed by atoms with Crippen molar-refractivity contribution in [3.8, 4) is 0 Å². The van der Waals surface area contributed by atoms with Gasteiger partial charge in [-0.1, -0.05) is 12.8 Å². The van der Waals surface area contributed by atoms with Gasteiger partial charge in [0, 0.05) is 35.4 Å². The second kappa shape index (κ2) is 5.05. The van der Waals surface area contributed by atoms with Crippen LogP contribution in [0.1, 0.15) is 31.4 Å². The quantitative estimate of drug-likeness (QED) is 0.811. The Morgan fingerprint density at radius 1 is 1.44 bits per heavy atom. The molecule has 16 heavy (non-hydrogen) atoms. The number of anilines is 1. The lowest BCUT2D eigenvalue weighted by atomic mass is 9.88. The van der Waals surface area contributed by atoms with Crippen LogP contribution in [0.15, 0.2) is 18.3 Å². The van der Waals surface area contributed by atoms with Gasteiger partial charge in [0.25, 0.3) is 0 Å². The van der Waals surface area contributed by atoms with Gasteiger partial charge in [-0.05, 0) is 31.9 Å². The minimum Gasteiger partial charge on any atom is -0.384 e. The lowest BCUT2D eigenvalue weighted by Crippen LogP contribution is -2.28. The average Bonchev–Trinajstić information content (AvgIpc) is 2.76. The third-order valence-corrected chi connectivity index (χ3v) is 4.08. The first-order valence-corrected chi connectivity index (χ1v) is 6.50. The highest BCUT2D eigenvalue weighted by molar-refractivity contribution is 6.18. The van der Waals surface area contributed by atoms with E-state index in [-0.39, 0.29) is 0 Å². The van der Waals surface area contributed by atoms with Gasteiger partial charge in [-0.2, -0.15) is 0 Å². The van der Waals surface area contributed by atoms with Crippen LogP contribution in [0, 0.1) is 12.3 Å². The second-order valence-electron chi connectivity index (χ2n) is 4.88. The summed E-state index contributed by atoms with van der Waals surface area (Å²) < 4.78 is 0. The van der Waals surface area contributed by atoms with Gasteiger partial charge in [0.15, 0.2) is 0 Å². The van der Waals surface area contributed by atoms with Crippen molar-refractivity contribution in [3.63, 3.8) is 0 Å². The topological polar surface area (TPSA) is 24.9 Å². The number of rotatable bonds is 4. The summed E-state index contributed by atoms with van der Waals surface area (Å²) in [5, 5.41) is 3.49. The van der Waals surface area contributed by atoms with Crippen molar-refractivity contribution in [2.45, 2.75) is 32.6 Å². The van der Waals surface area contributed by atoms with Crippen LogP contribution in [0.25, 0.3) is 0 Å². The predicted molar refractivity (Wildman–Crippen MR) is 69.1 cm³/mol. The fraction of sp³-hybridized carbons (Fsp3) is 0.615. The maximum absolute atomic E-state index is 6.11. The molecule has 0 radical (unpaired) electrons. The number of pyridine rings is 1. The van der Waals surface area contributed by atoms with E-state index < -0.39 is 0 Å². The van der Waals surface area contributed by atoms with Crippen LogP contribution in [0.5, 0.6) is 0 Å². The lowest BCUT2D eigenvalue weighted by Gasteiger charge is -2.27. The summed E-state index contributed by atoms with van der Waals surface area (Å²) in [6.45, 7) is 3.00.